The molecule has 2 heterocycles. The van der Waals surface area contributed by atoms with Crippen molar-refractivity contribution >= 4 is 16.0 Å². The number of furan rings is 1. The number of hydrogen-bond acceptors (Lipinski definition) is 6. The van der Waals surface area contributed by atoms with E-state index in [4.69, 9.17) is 4.42 Å². The van der Waals surface area contributed by atoms with Crippen LogP contribution in [-0.2, 0) is 14.8 Å². The molecule has 0 fully saturated rings. The topological polar surface area (TPSA) is 97.6 Å². The Hall–Kier alpha value is -1.64. The highest BCUT2D eigenvalue weighted by Gasteiger charge is 2.24. The van der Waals surface area contributed by atoms with Crippen molar-refractivity contribution in [2.45, 2.75) is 18.2 Å². The van der Waals surface area contributed by atoms with Crippen LogP contribution in [0, 0.1) is 6.92 Å². The summed E-state index contributed by atoms with van der Waals surface area (Å²) >= 11 is 0. The first-order chi connectivity index (χ1) is 9.94. The van der Waals surface area contributed by atoms with Crippen LogP contribution >= 0.6 is 0 Å². The van der Waals surface area contributed by atoms with Gasteiger partial charge in [-0.2, -0.15) is 0 Å². The van der Waals surface area contributed by atoms with Gasteiger partial charge in [-0.1, -0.05) is 11.6 Å². The lowest BCUT2D eigenvalue weighted by Gasteiger charge is -2.14. The van der Waals surface area contributed by atoms with Gasteiger partial charge in [0.15, 0.2) is 0 Å². The molecule has 8 heteroatoms. The molecule has 1 aromatic heterocycles. The van der Waals surface area contributed by atoms with E-state index in [0.29, 0.717) is 0 Å². The fraction of sp³-hybridized carbons (Fsp3) is 0.462. The van der Waals surface area contributed by atoms with Crippen molar-refractivity contribution in [3.63, 3.8) is 0 Å². The van der Waals surface area contributed by atoms with Crippen LogP contribution in [0.5, 0.6) is 0 Å². The zero-order valence-corrected chi connectivity index (χ0v) is 12.7. The van der Waals surface area contributed by atoms with Crippen LogP contribution in [0.25, 0.3) is 0 Å². The van der Waals surface area contributed by atoms with Gasteiger partial charge in [0.1, 0.15) is 10.7 Å². The summed E-state index contributed by atoms with van der Waals surface area (Å²) in [5, 5.41) is 3.15. The number of hydrogen-bond donors (Lipinski definition) is 2. The number of methoxy groups -OCH3 is 1. The van der Waals surface area contributed by atoms with Crippen LogP contribution in [0.2, 0.25) is 0 Å². The second-order valence-electron chi connectivity index (χ2n) is 4.66. The first kappa shape index (κ1) is 15.7. The number of rotatable bonds is 5. The summed E-state index contributed by atoms with van der Waals surface area (Å²) in [7, 11) is -2.52. The Bertz CT molecular complexity index is 660. The van der Waals surface area contributed by atoms with Crippen molar-refractivity contribution < 1.29 is 22.4 Å². The Balaban J connectivity index is 2.13. The van der Waals surface area contributed by atoms with E-state index in [2.05, 4.69) is 14.8 Å². The highest BCUT2D eigenvalue weighted by Crippen LogP contribution is 2.20. The second kappa shape index (κ2) is 6.42. The molecule has 0 unspecified atom stereocenters. The molecule has 0 radical (unpaired) electrons. The van der Waals surface area contributed by atoms with Gasteiger partial charge in [-0.3, -0.25) is 0 Å². The Kier molecular flexibility index (Phi) is 4.81. The molecular formula is C13H18N2O5S. The standard InChI is InChI=1S/C13H18N2O5S/c1-9-12(7-11(20-9)13(16)19-2)21(17,18)15-8-10-3-5-14-6-4-10/h3,7,14-15H,4-6,8H2,1-2H3. The fourth-order valence-corrected chi connectivity index (χ4v) is 3.24. The number of nitrogens with one attached hydrogen (secondary N) is 2. The molecule has 1 aromatic rings. The molecule has 1 aliphatic heterocycles. The van der Waals surface area contributed by atoms with Crippen molar-refractivity contribution in [2.75, 3.05) is 26.7 Å². The summed E-state index contributed by atoms with van der Waals surface area (Å²) in [6.07, 6.45) is 2.77. The molecule has 0 amide bonds. The summed E-state index contributed by atoms with van der Waals surface area (Å²) in [4.78, 5) is 11.3. The third kappa shape index (κ3) is 3.72. The van der Waals surface area contributed by atoms with Gasteiger partial charge in [-0.15, -0.1) is 0 Å². The predicted octanol–water partition coefficient (Wildman–Crippen LogP) is 0.573. The lowest BCUT2D eigenvalue weighted by atomic mass is 10.1. The third-order valence-electron chi connectivity index (χ3n) is 3.20. The summed E-state index contributed by atoms with van der Waals surface area (Å²) in [5.41, 5.74) is 1.03. The van der Waals surface area contributed by atoms with E-state index in [1.807, 2.05) is 6.08 Å². The minimum Gasteiger partial charge on any atom is -0.463 e. The van der Waals surface area contributed by atoms with E-state index < -0.39 is 16.0 Å². The SMILES string of the molecule is COC(=O)c1cc(S(=O)(=O)NCC2=CCNCC2)c(C)o1. The Morgan fingerprint density at radius 2 is 2.29 bits per heavy atom. The molecule has 0 atom stereocenters. The van der Waals surface area contributed by atoms with Gasteiger partial charge in [-0.25, -0.2) is 17.9 Å². The van der Waals surface area contributed by atoms with E-state index in [9.17, 15) is 13.2 Å². The minimum atomic E-state index is -3.72. The third-order valence-corrected chi connectivity index (χ3v) is 4.70. The highest BCUT2D eigenvalue weighted by atomic mass is 32.2. The van der Waals surface area contributed by atoms with E-state index in [0.717, 1.165) is 25.1 Å². The number of aryl methyl sites for hydroxylation is 1. The van der Waals surface area contributed by atoms with Gasteiger partial charge in [0.05, 0.1) is 7.11 Å². The minimum absolute atomic E-state index is 0.0440. The molecule has 0 spiro atoms. The van der Waals surface area contributed by atoms with E-state index in [-0.39, 0.29) is 23.0 Å². The number of carbonyl (C=O) groups is 1. The second-order valence-corrected chi connectivity index (χ2v) is 6.40. The highest BCUT2D eigenvalue weighted by molar-refractivity contribution is 7.89. The average molecular weight is 314 g/mol. The fourth-order valence-electron chi connectivity index (χ4n) is 2.03. The smallest absolute Gasteiger partial charge is 0.373 e. The first-order valence-electron chi connectivity index (χ1n) is 6.51. The van der Waals surface area contributed by atoms with Crippen molar-refractivity contribution in [2.24, 2.45) is 0 Å². The lowest BCUT2D eigenvalue weighted by molar-refractivity contribution is 0.0563. The van der Waals surface area contributed by atoms with Crippen molar-refractivity contribution in [1.82, 2.24) is 10.0 Å². The number of sulfonamides is 1. The maximum absolute atomic E-state index is 12.3. The number of esters is 1. The molecule has 0 aliphatic carbocycles. The molecule has 0 aromatic carbocycles. The quantitative estimate of drug-likeness (QED) is 0.609. The Morgan fingerprint density at radius 3 is 2.90 bits per heavy atom. The summed E-state index contributed by atoms with van der Waals surface area (Å²) in [5.74, 6) is -0.681. The van der Waals surface area contributed by atoms with E-state index >= 15 is 0 Å². The first-order valence-corrected chi connectivity index (χ1v) is 7.99. The van der Waals surface area contributed by atoms with Gasteiger partial charge < -0.3 is 14.5 Å². The largest absolute Gasteiger partial charge is 0.463 e. The van der Waals surface area contributed by atoms with Crippen molar-refractivity contribution in [3.05, 3.63) is 29.2 Å². The molecule has 2 N–H and O–H groups in total. The number of ether oxygens (including phenoxy) is 1. The van der Waals surface area contributed by atoms with Gasteiger partial charge in [-0.05, 0) is 19.9 Å². The van der Waals surface area contributed by atoms with Gasteiger partial charge in [0.25, 0.3) is 0 Å². The number of carbonyl (C=O) groups excluding carboxylic acids is 1. The zero-order valence-electron chi connectivity index (χ0n) is 11.9. The van der Waals surface area contributed by atoms with E-state index in [1.54, 1.807) is 0 Å². The van der Waals surface area contributed by atoms with Crippen LogP contribution in [0.1, 0.15) is 22.7 Å². The van der Waals surface area contributed by atoms with E-state index in [1.165, 1.54) is 20.1 Å². The maximum Gasteiger partial charge on any atom is 0.373 e. The Labute approximate surface area is 123 Å². The van der Waals surface area contributed by atoms with Crippen LogP contribution in [0.4, 0.5) is 0 Å². The Morgan fingerprint density at radius 1 is 1.52 bits per heavy atom. The summed E-state index contributed by atoms with van der Waals surface area (Å²) < 4.78 is 36.7. The molecule has 0 saturated heterocycles. The van der Waals surface area contributed by atoms with Crippen LogP contribution < -0.4 is 10.0 Å². The molecule has 21 heavy (non-hydrogen) atoms. The van der Waals surface area contributed by atoms with Crippen LogP contribution in [0.15, 0.2) is 27.0 Å². The lowest BCUT2D eigenvalue weighted by Crippen LogP contribution is -2.29. The van der Waals surface area contributed by atoms with Crippen molar-refractivity contribution in [3.8, 4) is 0 Å². The van der Waals surface area contributed by atoms with Gasteiger partial charge in [0, 0.05) is 19.2 Å². The molecule has 0 bridgehead atoms. The van der Waals surface area contributed by atoms with Gasteiger partial charge >= 0.3 is 5.97 Å². The zero-order chi connectivity index (χ0) is 15.5. The predicted molar refractivity (Wildman–Crippen MR) is 75.5 cm³/mol. The van der Waals surface area contributed by atoms with Crippen LogP contribution in [-0.4, -0.2) is 41.1 Å². The van der Waals surface area contributed by atoms with Gasteiger partial charge in [0.2, 0.25) is 15.8 Å². The normalized spacial score (nSPS) is 15.6. The molecular weight excluding hydrogens is 296 g/mol. The monoisotopic (exact) mass is 314 g/mol. The molecule has 0 saturated carbocycles. The molecule has 2 rings (SSSR count). The van der Waals surface area contributed by atoms with Crippen molar-refractivity contribution in [1.29, 1.82) is 0 Å². The average Bonchev–Trinajstić information content (AvgIpc) is 2.88. The maximum atomic E-state index is 12.3. The molecule has 116 valence electrons. The van der Waals surface area contributed by atoms with Crippen LogP contribution in [0.3, 0.4) is 0 Å². The molecule has 1 aliphatic rings. The summed E-state index contributed by atoms with van der Waals surface area (Å²) in [6, 6.07) is 1.18. The summed E-state index contributed by atoms with van der Waals surface area (Å²) in [6.45, 7) is 3.33. The molecule has 7 nitrogen and oxygen atoms in total.